The number of imide groups is 1. The normalized spacial score (nSPS) is 27.7. The molecule has 0 spiro atoms. The number of carbonyl (C=O) groups excluding carboxylic acids is 2. The average molecular weight is 227 g/mol. The predicted octanol–water partition coefficient (Wildman–Crippen LogP) is 0.881. The van der Waals surface area contributed by atoms with Crippen LogP contribution in [-0.4, -0.2) is 33.8 Å². The van der Waals surface area contributed by atoms with Gasteiger partial charge in [-0.15, -0.1) is 0 Å². The molecule has 1 fully saturated rings. The molecule has 0 aromatic carbocycles. The fourth-order valence-electron chi connectivity index (χ4n) is 1.82. The maximum absolute atomic E-state index is 12.1. The summed E-state index contributed by atoms with van der Waals surface area (Å²) in [5.41, 5.74) is -0.763. The first kappa shape index (κ1) is 12.7. The summed E-state index contributed by atoms with van der Waals surface area (Å²) in [6.45, 7) is 6.79. The molecule has 0 aromatic heterocycles. The van der Waals surface area contributed by atoms with Gasteiger partial charge in [0.05, 0.1) is 5.41 Å². The molecule has 1 N–H and O–H groups in total. The van der Waals surface area contributed by atoms with E-state index in [1.54, 1.807) is 6.92 Å². The Morgan fingerprint density at radius 3 is 2.19 bits per heavy atom. The monoisotopic (exact) mass is 227 g/mol. The first-order valence-electron chi connectivity index (χ1n) is 5.31. The molecular formula is C11H17NO4. The molecule has 0 saturated carbocycles. The summed E-state index contributed by atoms with van der Waals surface area (Å²) in [4.78, 5) is 35.4. The van der Waals surface area contributed by atoms with Gasteiger partial charge in [-0.3, -0.25) is 14.5 Å². The van der Waals surface area contributed by atoms with Gasteiger partial charge in [-0.05, 0) is 19.8 Å². The van der Waals surface area contributed by atoms with Crippen LogP contribution >= 0.6 is 0 Å². The van der Waals surface area contributed by atoms with Crippen LogP contribution in [0.1, 0.15) is 34.1 Å². The zero-order chi connectivity index (χ0) is 12.7. The summed E-state index contributed by atoms with van der Waals surface area (Å²) in [6.07, 6.45) is 0.0983. The highest BCUT2D eigenvalue weighted by atomic mass is 16.4. The standard InChI is InChI=1S/C11H17NO4/c1-6(2)11(4)5-8(13)12(10(11)16)7(3)9(14)15/h6-7H,5H2,1-4H3,(H,14,15). The van der Waals surface area contributed by atoms with Crippen LogP contribution in [0, 0.1) is 11.3 Å². The van der Waals surface area contributed by atoms with Gasteiger partial charge in [0, 0.05) is 6.42 Å². The summed E-state index contributed by atoms with van der Waals surface area (Å²) in [5, 5.41) is 8.84. The minimum absolute atomic E-state index is 0.00921. The zero-order valence-corrected chi connectivity index (χ0v) is 9.98. The van der Waals surface area contributed by atoms with E-state index in [0.717, 1.165) is 4.90 Å². The van der Waals surface area contributed by atoms with Gasteiger partial charge >= 0.3 is 5.97 Å². The van der Waals surface area contributed by atoms with Crippen LogP contribution in [0.3, 0.4) is 0 Å². The minimum Gasteiger partial charge on any atom is -0.480 e. The second-order valence-electron chi connectivity index (χ2n) is 4.83. The minimum atomic E-state index is -1.16. The summed E-state index contributed by atoms with van der Waals surface area (Å²) in [6, 6.07) is -1.08. The molecule has 0 aliphatic carbocycles. The molecule has 5 nitrogen and oxygen atoms in total. The van der Waals surface area contributed by atoms with Gasteiger partial charge in [0.25, 0.3) is 0 Å². The first-order chi connectivity index (χ1) is 7.21. The molecule has 5 heteroatoms. The number of hydrogen-bond acceptors (Lipinski definition) is 3. The molecule has 2 amide bonds. The molecule has 2 atom stereocenters. The zero-order valence-electron chi connectivity index (χ0n) is 9.98. The molecule has 1 heterocycles. The van der Waals surface area contributed by atoms with Gasteiger partial charge in [-0.25, -0.2) is 4.79 Å². The Labute approximate surface area is 94.4 Å². The maximum Gasteiger partial charge on any atom is 0.326 e. The van der Waals surface area contributed by atoms with Gasteiger partial charge in [0.2, 0.25) is 11.8 Å². The molecule has 1 aliphatic heterocycles. The molecule has 1 aliphatic rings. The Hall–Kier alpha value is -1.39. The lowest BCUT2D eigenvalue weighted by atomic mass is 9.78. The lowest BCUT2D eigenvalue weighted by Crippen LogP contribution is -2.45. The summed E-state index contributed by atoms with van der Waals surface area (Å²) >= 11 is 0. The van der Waals surface area contributed by atoms with E-state index in [9.17, 15) is 14.4 Å². The van der Waals surface area contributed by atoms with E-state index in [4.69, 9.17) is 5.11 Å². The smallest absolute Gasteiger partial charge is 0.326 e. The molecule has 16 heavy (non-hydrogen) atoms. The number of nitrogens with zero attached hydrogens (tertiary/aromatic N) is 1. The van der Waals surface area contributed by atoms with Crippen LogP contribution in [0.15, 0.2) is 0 Å². The number of hydrogen-bond donors (Lipinski definition) is 1. The van der Waals surface area contributed by atoms with Crippen molar-refractivity contribution >= 4 is 17.8 Å². The largest absolute Gasteiger partial charge is 0.480 e. The third kappa shape index (κ3) is 1.70. The molecule has 90 valence electrons. The van der Waals surface area contributed by atoms with E-state index in [2.05, 4.69) is 0 Å². The number of rotatable bonds is 3. The molecular weight excluding hydrogens is 210 g/mol. The van der Waals surface area contributed by atoms with Crippen molar-refractivity contribution in [2.24, 2.45) is 11.3 Å². The van der Waals surface area contributed by atoms with Crippen LogP contribution in [0.2, 0.25) is 0 Å². The van der Waals surface area contributed by atoms with Crippen LogP contribution < -0.4 is 0 Å². The quantitative estimate of drug-likeness (QED) is 0.726. The third-order valence-corrected chi connectivity index (χ3v) is 3.51. The second-order valence-corrected chi connectivity index (χ2v) is 4.83. The second kappa shape index (κ2) is 3.88. The van der Waals surface area contributed by atoms with E-state index < -0.39 is 23.3 Å². The average Bonchev–Trinajstić information content (AvgIpc) is 2.38. The Morgan fingerprint density at radius 2 is 1.88 bits per heavy atom. The van der Waals surface area contributed by atoms with E-state index in [1.165, 1.54) is 6.92 Å². The number of carbonyl (C=O) groups is 3. The van der Waals surface area contributed by atoms with Crippen molar-refractivity contribution in [3.05, 3.63) is 0 Å². The van der Waals surface area contributed by atoms with Crippen LogP contribution in [0.4, 0.5) is 0 Å². The number of carboxylic acid groups (broad SMARTS) is 1. The third-order valence-electron chi connectivity index (χ3n) is 3.51. The molecule has 0 bridgehead atoms. The van der Waals surface area contributed by atoms with Crippen molar-refractivity contribution in [1.82, 2.24) is 4.90 Å². The van der Waals surface area contributed by atoms with E-state index in [1.807, 2.05) is 13.8 Å². The van der Waals surface area contributed by atoms with Crippen LogP contribution in [0.5, 0.6) is 0 Å². The van der Waals surface area contributed by atoms with Crippen molar-refractivity contribution in [2.75, 3.05) is 0 Å². The molecule has 0 aromatic rings. The van der Waals surface area contributed by atoms with E-state index >= 15 is 0 Å². The number of amides is 2. The first-order valence-corrected chi connectivity index (χ1v) is 5.31. The highest BCUT2D eigenvalue weighted by molar-refractivity contribution is 6.08. The lowest BCUT2D eigenvalue weighted by molar-refractivity contribution is -0.155. The lowest BCUT2D eigenvalue weighted by Gasteiger charge is -2.27. The maximum atomic E-state index is 12.1. The summed E-state index contributed by atoms with van der Waals surface area (Å²) in [5.74, 6) is -1.91. The SMILES string of the molecule is CC(C(=O)O)N1C(=O)CC(C)(C(C)C)C1=O. The van der Waals surface area contributed by atoms with Crippen molar-refractivity contribution in [3.63, 3.8) is 0 Å². The van der Waals surface area contributed by atoms with E-state index in [0.29, 0.717) is 0 Å². The number of aliphatic carboxylic acids is 1. The fourth-order valence-corrected chi connectivity index (χ4v) is 1.82. The molecule has 1 saturated heterocycles. The van der Waals surface area contributed by atoms with Crippen molar-refractivity contribution in [3.8, 4) is 0 Å². The molecule has 1 rings (SSSR count). The van der Waals surface area contributed by atoms with E-state index in [-0.39, 0.29) is 18.2 Å². The predicted molar refractivity (Wildman–Crippen MR) is 56.5 cm³/mol. The van der Waals surface area contributed by atoms with Crippen molar-refractivity contribution < 1.29 is 19.5 Å². The molecule has 2 unspecified atom stereocenters. The van der Waals surface area contributed by atoms with Crippen LogP contribution in [0.25, 0.3) is 0 Å². The van der Waals surface area contributed by atoms with Gasteiger partial charge in [-0.2, -0.15) is 0 Å². The van der Waals surface area contributed by atoms with Gasteiger partial charge in [-0.1, -0.05) is 13.8 Å². The number of likely N-dealkylation sites (tertiary alicyclic amines) is 1. The topological polar surface area (TPSA) is 74.7 Å². The van der Waals surface area contributed by atoms with Crippen molar-refractivity contribution in [2.45, 2.75) is 40.2 Å². The van der Waals surface area contributed by atoms with Gasteiger partial charge in [0.15, 0.2) is 0 Å². The van der Waals surface area contributed by atoms with Crippen LogP contribution in [-0.2, 0) is 14.4 Å². The van der Waals surface area contributed by atoms with Gasteiger partial charge < -0.3 is 5.11 Å². The van der Waals surface area contributed by atoms with Crippen molar-refractivity contribution in [1.29, 1.82) is 0 Å². The Morgan fingerprint density at radius 1 is 1.38 bits per heavy atom. The Kier molecular flexibility index (Phi) is 3.08. The Bertz CT molecular complexity index is 350. The van der Waals surface area contributed by atoms with Gasteiger partial charge in [0.1, 0.15) is 6.04 Å². The summed E-state index contributed by atoms with van der Waals surface area (Å²) < 4.78 is 0. The number of carboxylic acids is 1. The molecule has 0 radical (unpaired) electrons. The summed E-state index contributed by atoms with van der Waals surface area (Å²) in [7, 11) is 0. The highest BCUT2D eigenvalue weighted by Gasteiger charge is 2.52. The fraction of sp³-hybridized carbons (Fsp3) is 0.727. The highest BCUT2D eigenvalue weighted by Crippen LogP contribution is 2.39. The Balaban J connectivity index is 3.05.